The van der Waals surface area contributed by atoms with Crippen molar-refractivity contribution in [1.29, 1.82) is 0 Å². The average molecular weight is 245 g/mol. The van der Waals surface area contributed by atoms with Gasteiger partial charge in [0.05, 0.1) is 6.61 Å². The molecule has 1 aromatic heterocycles. The molecule has 1 heterocycles. The van der Waals surface area contributed by atoms with Crippen molar-refractivity contribution in [2.45, 2.75) is 20.3 Å². The number of aryl methyl sites for hydroxylation is 1. The highest BCUT2D eigenvalue weighted by atomic mass is 16.5. The van der Waals surface area contributed by atoms with Crippen LogP contribution in [-0.4, -0.2) is 27.3 Å². The van der Waals surface area contributed by atoms with Gasteiger partial charge in [-0.25, -0.2) is 0 Å². The van der Waals surface area contributed by atoms with Crippen LogP contribution in [0.2, 0.25) is 0 Å². The van der Waals surface area contributed by atoms with E-state index in [1.54, 1.807) is 6.92 Å². The zero-order valence-electron chi connectivity index (χ0n) is 10.5. The normalized spacial score (nSPS) is 10.3. The fraction of sp³-hybridized carbons (Fsp3) is 0.308. The Morgan fingerprint density at radius 3 is 2.67 bits per heavy atom. The zero-order chi connectivity index (χ0) is 13.0. The Hall–Kier alpha value is -2.17. The maximum Gasteiger partial charge on any atom is 0.313 e. The molecule has 0 saturated heterocycles. The molecule has 0 bridgehead atoms. The second kappa shape index (κ2) is 5.44. The lowest BCUT2D eigenvalue weighted by Crippen LogP contribution is -2.12. The molecule has 0 aliphatic rings. The number of ether oxygens (including phenoxy) is 1. The van der Waals surface area contributed by atoms with Crippen LogP contribution in [0.3, 0.4) is 0 Å². The summed E-state index contributed by atoms with van der Waals surface area (Å²) in [4.78, 5) is 11.5. The van der Waals surface area contributed by atoms with E-state index in [0.29, 0.717) is 12.4 Å². The Labute approximate surface area is 105 Å². The van der Waals surface area contributed by atoms with Gasteiger partial charge in [0.1, 0.15) is 18.1 Å². The number of nitrogens with zero attached hydrogens (tertiary/aromatic N) is 3. The first-order valence-electron chi connectivity index (χ1n) is 5.84. The minimum atomic E-state index is -0.290. The van der Waals surface area contributed by atoms with Gasteiger partial charge in [0.15, 0.2) is 0 Å². The minimum absolute atomic E-state index is 0.129. The van der Waals surface area contributed by atoms with E-state index < -0.39 is 0 Å². The molecule has 5 nitrogen and oxygen atoms in total. The van der Waals surface area contributed by atoms with Crippen LogP contribution < -0.4 is 0 Å². The van der Waals surface area contributed by atoms with E-state index in [1.807, 2.05) is 41.8 Å². The summed E-state index contributed by atoms with van der Waals surface area (Å²) in [5, 5.41) is 8.04. The van der Waals surface area contributed by atoms with Crippen molar-refractivity contribution in [3.8, 4) is 5.69 Å². The third kappa shape index (κ3) is 2.56. The molecule has 5 heteroatoms. The molecule has 2 rings (SSSR count). The molecular formula is C13H15N3O2. The van der Waals surface area contributed by atoms with Crippen molar-refractivity contribution >= 4 is 5.97 Å². The smallest absolute Gasteiger partial charge is 0.313 e. The second-order valence-corrected chi connectivity index (χ2v) is 3.82. The van der Waals surface area contributed by atoms with Crippen LogP contribution in [-0.2, 0) is 16.0 Å². The molecule has 0 fully saturated rings. The monoisotopic (exact) mass is 245 g/mol. The van der Waals surface area contributed by atoms with Gasteiger partial charge in [0, 0.05) is 5.69 Å². The van der Waals surface area contributed by atoms with Crippen LogP contribution in [0.1, 0.15) is 18.6 Å². The highest BCUT2D eigenvalue weighted by Crippen LogP contribution is 2.13. The van der Waals surface area contributed by atoms with Crippen molar-refractivity contribution in [2.24, 2.45) is 0 Å². The van der Waals surface area contributed by atoms with Crippen molar-refractivity contribution in [3.05, 3.63) is 42.0 Å². The summed E-state index contributed by atoms with van der Waals surface area (Å²) in [6.45, 7) is 4.01. The van der Waals surface area contributed by atoms with E-state index in [2.05, 4.69) is 10.2 Å². The Balaban J connectivity index is 2.31. The van der Waals surface area contributed by atoms with Crippen molar-refractivity contribution in [2.75, 3.05) is 6.61 Å². The number of esters is 1. The van der Waals surface area contributed by atoms with Gasteiger partial charge >= 0.3 is 5.97 Å². The zero-order valence-corrected chi connectivity index (χ0v) is 10.5. The van der Waals surface area contributed by atoms with Gasteiger partial charge in [-0.3, -0.25) is 9.36 Å². The third-order valence-electron chi connectivity index (χ3n) is 2.51. The van der Waals surface area contributed by atoms with Crippen molar-refractivity contribution in [3.63, 3.8) is 0 Å². The van der Waals surface area contributed by atoms with Gasteiger partial charge < -0.3 is 4.74 Å². The van der Waals surface area contributed by atoms with E-state index in [4.69, 9.17) is 4.74 Å². The van der Waals surface area contributed by atoms with Crippen LogP contribution >= 0.6 is 0 Å². The SMILES string of the molecule is CCOC(=O)Cc1nnc(C)n1-c1ccccc1. The minimum Gasteiger partial charge on any atom is -0.466 e. The molecule has 0 aliphatic heterocycles. The van der Waals surface area contributed by atoms with Crippen LogP contribution in [0.4, 0.5) is 0 Å². The summed E-state index contributed by atoms with van der Waals surface area (Å²) in [5.41, 5.74) is 0.944. The number of rotatable bonds is 4. The fourth-order valence-electron chi connectivity index (χ4n) is 1.77. The van der Waals surface area contributed by atoms with Crippen LogP contribution in [0.25, 0.3) is 5.69 Å². The molecule has 0 spiro atoms. The number of hydrogen-bond acceptors (Lipinski definition) is 4. The maximum atomic E-state index is 11.5. The lowest BCUT2D eigenvalue weighted by atomic mass is 10.3. The molecule has 0 N–H and O–H groups in total. The van der Waals surface area contributed by atoms with E-state index in [9.17, 15) is 4.79 Å². The highest BCUT2D eigenvalue weighted by molar-refractivity contribution is 5.71. The summed E-state index contributed by atoms with van der Waals surface area (Å²) in [6.07, 6.45) is 0.129. The Morgan fingerprint density at radius 2 is 2.00 bits per heavy atom. The third-order valence-corrected chi connectivity index (χ3v) is 2.51. The predicted octanol–water partition coefficient (Wildman–Crippen LogP) is 1.68. The van der Waals surface area contributed by atoms with Crippen molar-refractivity contribution in [1.82, 2.24) is 14.8 Å². The molecule has 0 radical (unpaired) electrons. The number of hydrogen-bond donors (Lipinski definition) is 0. The second-order valence-electron chi connectivity index (χ2n) is 3.82. The van der Waals surface area contributed by atoms with Crippen LogP contribution in [0.15, 0.2) is 30.3 Å². The molecule has 94 valence electrons. The van der Waals surface area contributed by atoms with E-state index >= 15 is 0 Å². The maximum absolute atomic E-state index is 11.5. The molecule has 1 aromatic carbocycles. The predicted molar refractivity (Wildman–Crippen MR) is 66.4 cm³/mol. The molecular weight excluding hydrogens is 230 g/mol. The first kappa shape index (κ1) is 12.3. The number of para-hydroxylation sites is 1. The summed E-state index contributed by atoms with van der Waals surface area (Å²) in [7, 11) is 0. The molecule has 2 aromatic rings. The lowest BCUT2D eigenvalue weighted by Gasteiger charge is -2.08. The number of benzene rings is 1. The summed E-state index contributed by atoms with van der Waals surface area (Å²) < 4.78 is 6.78. The highest BCUT2D eigenvalue weighted by Gasteiger charge is 2.14. The van der Waals surface area contributed by atoms with Gasteiger partial charge in [-0.15, -0.1) is 10.2 Å². The summed E-state index contributed by atoms with van der Waals surface area (Å²) >= 11 is 0. The number of aromatic nitrogens is 3. The topological polar surface area (TPSA) is 57.0 Å². The quantitative estimate of drug-likeness (QED) is 0.769. The molecule has 0 aliphatic carbocycles. The first-order chi connectivity index (χ1) is 8.72. The van der Waals surface area contributed by atoms with E-state index in [0.717, 1.165) is 11.5 Å². The molecule has 0 amide bonds. The average Bonchev–Trinajstić information content (AvgIpc) is 2.72. The lowest BCUT2D eigenvalue weighted by molar-refractivity contribution is -0.142. The van der Waals surface area contributed by atoms with Crippen LogP contribution in [0, 0.1) is 6.92 Å². The number of carbonyl (C=O) groups is 1. The Bertz CT molecular complexity index is 534. The molecule has 18 heavy (non-hydrogen) atoms. The fourth-order valence-corrected chi connectivity index (χ4v) is 1.77. The Kier molecular flexibility index (Phi) is 3.72. The van der Waals surface area contributed by atoms with Crippen molar-refractivity contribution < 1.29 is 9.53 Å². The first-order valence-corrected chi connectivity index (χ1v) is 5.84. The number of carbonyl (C=O) groups excluding carboxylic acids is 1. The molecule has 0 atom stereocenters. The molecule has 0 saturated carbocycles. The largest absolute Gasteiger partial charge is 0.466 e. The van der Waals surface area contributed by atoms with Gasteiger partial charge in [-0.1, -0.05) is 18.2 Å². The van der Waals surface area contributed by atoms with E-state index in [-0.39, 0.29) is 12.4 Å². The standard InChI is InChI=1S/C13H15N3O2/c1-3-18-13(17)9-12-15-14-10(2)16(12)11-7-5-4-6-8-11/h4-8H,3,9H2,1-2H3. The Morgan fingerprint density at radius 1 is 1.28 bits per heavy atom. The molecule has 0 unspecified atom stereocenters. The summed E-state index contributed by atoms with van der Waals surface area (Å²) in [6, 6.07) is 9.70. The van der Waals surface area contributed by atoms with Gasteiger partial charge in [0.2, 0.25) is 0 Å². The van der Waals surface area contributed by atoms with Crippen LogP contribution in [0.5, 0.6) is 0 Å². The van der Waals surface area contributed by atoms with E-state index in [1.165, 1.54) is 0 Å². The van der Waals surface area contributed by atoms with Gasteiger partial charge in [-0.05, 0) is 26.0 Å². The van der Waals surface area contributed by atoms with Gasteiger partial charge in [0.25, 0.3) is 0 Å². The summed E-state index contributed by atoms with van der Waals surface area (Å²) in [5.74, 6) is 1.06. The van der Waals surface area contributed by atoms with Gasteiger partial charge in [-0.2, -0.15) is 0 Å².